The van der Waals surface area contributed by atoms with Crippen LogP contribution in [0.4, 0.5) is 0 Å². The summed E-state index contributed by atoms with van der Waals surface area (Å²) in [6.07, 6.45) is 3.74. The molecule has 3 heterocycles. The van der Waals surface area contributed by atoms with Crippen LogP contribution in [-0.4, -0.2) is 21.4 Å². The van der Waals surface area contributed by atoms with Gasteiger partial charge in [-0.15, -0.1) is 0 Å². The van der Waals surface area contributed by atoms with Gasteiger partial charge < -0.3 is 9.55 Å². The van der Waals surface area contributed by atoms with Crippen LogP contribution in [0.5, 0.6) is 0 Å². The Balaban J connectivity index is 1.90. The van der Waals surface area contributed by atoms with Crippen molar-refractivity contribution in [3.63, 3.8) is 0 Å². The highest BCUT2D eigenvalue weighted by Gasteiger charge is 2.35. The largest absolute Gasteiger partial charge is 0.361 e. The molecule has 2 aromatic heterocycles. The van der Waals surface area contributed by atoms with Crippen molar-refractivity contribution in [2.24, 2.45) is 0 Å². The van der Waals surface area contributed by atoms with Crippen LogP contribution in [0, 0.1) is 0 Å². The Morgan fingerprint density at radius 2 is 1.55 bits per heavy atom. The van der Waals surface area contributed by atoms with Crippen molar-refractivity contribution >= 4 is 76.6 Å². The van der Waals surface area contributed by atoms with E-state index in [2.05, 4.69) is 53.7 Å². The van der Waals surface area contributed by atoms with E-state index in [1.807, 2.05) is 42.6 Å². The molecule has 0 atom stereocenters. The number of aryl methyl sites for hydroxylation is 1. The minimum absolute atomic E-state index is 0.377. The van der Waals surface area contributed by atoms with Crippen LogP contribution in [-0.2, 0) is 16.1 Å². The van der Waals surface area contributed by atoms with Crippen LogP contribution < -0.4 is 5.32 Å². The monoisotopic (exact) mass is 511 g/mol. The summed E-state index contributed by atoms with van der Waals surface area (Å²) in [7, 11) is 0. The van der Waals surface area contributed by atoms with E-state index in [0.29, 0.717) is 16.7 Å². The zero-order valence-electron chi connectivity index (χ0n) is 15.3. The van der Waals surface area contributed by atoms with Gasteiger partial charge in [-0.05, 0) is 31.2 Å². The Hall–Kier alpha value is -2.64. The fourth-order valence-corrected chi connectivity index (χ4v) is 5.22. The molecule has 1 aliphatic heterocycles. The van der Waals surface area contributed by atoms with Crippen molar-refractivity contribution in [2.45, 2.75) is 13.5 Å². The number of amides is 2. The number of imide groups is 1. The molecular weight excluding hydrogens is 498 g/mol. The second-order valence-electron chi connectivity index (χ2n) is 6.86. The van der Waals surface area contributed by atoms with E-state index in [0.717, 1.165) is 42.9 Å². The third kappa shape index (κ3) is 2.64. The Morgan fingerprint density at radius 1 is 0.897 bits per heavy atom. The number of halogens is 2. The number of carbonyl (C=O) groups is 2. The Labute approximate surface area is 183 Å². The standard InChI is InChI=1S/C22H15Br2N3O2/c1-2-27-10-12(18-14(24)6-4-8-16(18)27)20-19(21(28)26-22(20)29)11-9-25-15-7-3-5-13(23)17(11)15/h3-10,25H,2H2,1H3,(H,26,28,29). The molecule has 29 heavy (non-hydrogen) atoms. The molecule has 2 amide bonds. The number of aromatic amines is 1. The van der Waals surface area contributed by atoms with Gasteiger partial charge >= 0.3 is 0 Å². The van der Waals surface area contributed by atoms with E-state index in [1.54, 1.807) is 6.20 Å². The van der Waals surface area contributed by atoms with Crippen molar-refractivity contribution in [2.75, 3.05) is 0 Å². The molecule has 5 rings (SSSR count). The summed E-state index contributed by atoms with van der Waals surface area (Å²) in [6.45, 7) is 2.81. The van der Waals surface area contributed by atoms with Crippen molar-refractivity contribution in [1.82, 2.24) is 14.9 Å². The van der Waals surface area contributed by atoms with Crippen LogP contribution in [0.25, 0.3) is 33.0 Å². The van der Waals surface area contributed by atoms with Crippen LogP contribution in [0.1, 0.15) is 18.1 Å². The lowest BCUT2D eigenvalue weighted by Gasteiger charge is -2.05. The molecule has 5 nitrogen and oxygen atoms in total. The van der Waals surface area contributed by atoms with Crippen LogP contribution in [0.2, 0.25) is 0 Å². The topological polar surface area (TPSA) is 66.9 Å². The van der Waals surface area contributed by atoms with Gasteiger partial charge in [0.2, 0.25) is 0 Å². The lowest BCUT2D eigenvalue weighted by atomic mass is 9.95. The van der Waals surface area contributed by atoms with E-state index in [-0.39, 0.29) is 11.8 Å². The molecule has 2 aromatic carbocycles. The molecule has 0 saturated heterocycles. The molecule has 1 aliphatic rings. The summed E-state index contributed by atoms with van der Waals surface area (Å²) in [4.78, 5) is 29.0. The van der Waals surface area contributed by atoms with E-state index < -0.39 is 0 Å². The van der Waals surface area contributed by atoms with Crippen molar-refractivity contribution < 1.29 is 9.59 Å². The number of carbonyl (C=O) groups excluding carboxylic acids is 2. The maximum Gasteiger partial charge on any atom is 0.259 e. The molecule has 0 unspecified atom stereocenters. The number of rotatable bonds is 3. The summed E-state index contributed by atoms with van der Waals surface area (Å²) in [5, 5.41) is 4.29. The summed E-state index contributed by atoms with van der Waals surface area (Å²) in [5.74, 6) is -0.761. The van der Waals surface area contributed by atoms with Gasteiger partial charge in [0.25, 0.3) is 11.8 Å². The summed E-state index contributed by atoms with van der Waals surface area (Å²) in [6, 6.07) is 11.7. The first-order chi connectivity index (χ1) is 14.0. The molecular formula is C22H15Br2N3O2. The minimum Gasteiger partial charge on any atom is -0.361 e. The van der Waals surface area contributed by atoms with Crippen molar-refractivity contribution in [1.29, 1.82) is 0 Å². The van der Waals surface area contributed by atoms with E-state index in [4.69, 9.17) is 0 Å². The first kappa shape index (κ1) is 18.4. The number of fused-ring (bicyclic) bond motifs is 2. The molecule has 0 bridgehead atoms. The highest BCUT2D eigenvalue weighted by molar-refractivity contribution is 9.11. The van der Waals surface area contributed by atoms with E-state index >= 15 is 0 Å². The number of H-pyrrole nitrogens is 1. The molecule has 144 valence electrons. The first-order valence-corrected chi connectivity index (χ1v) is 10.7. The van der Waals surface area contributed by atoms with Gasteiger partial charge in [-0.3, -0.25) is 14.9 Å². The minimum atomic E-state index is -0.383. The quantitative estimate of drug-likeness (QED) is 0.369. The third-order valence-corrected chi connectivity index (χ3v) is 6.64. The zero-order valence-corrected chi connectivity index (χ0v) is 18.5. The molecule has 0 fully saturated rings. The molecule has 0 radical (unpaired) electrons. The summed E-state index contributed by atoms with van der Waals surface area (Å²) in [5.41, 5.74) is 4.14. The summed E-state index contributed by atoms with van der Waals surface area (Å²) >= 11 is 7.21. The molecule has 0 saturated carbocycles. The Morgan fingerprint density at radius 3 is 2.28 bits per heavy atom. The van der Waals surface area contributed by atoms with Crippen molar-refractivity contribution in [3.8, 4) is 0 Å². The highest BCUT2D eigenvalue weighted by Crippen LogP contribution is 2.41. The predicted molar refractivity (Wildman–Crippen MR) is 121 cm³/mol. The van der Waals surface area contributed by atoms with Crippen LogP contribution in [0.3, 0.4) is 0 Å². The van der Waals surface area contributed by atoms with Crippen LogP contribution in [0.15, 0.2) is 57.7 Å². The molecule has 0 spiro atoms. The second-order valence-corrected chi connectivity index (χ2v) is 8.57. The number of nitrogens with zero attached hydrogens (tertiary/aromatic N) is 1. The molecule has 7 heteroatoms. The molecule has 4 aromatic rings. The van der Waals surface area contributed by atoms with Crippen molar-refractivity contribution in [3.05, 3.63) is 68.9 Å². The maximum absolute atomic E-state index is 12.9. The number of hydrogen-bond acceptors (Lipinski definition) is 2. The fraction of sp³-hybridized carbons (Fsp3) is 0.0909. The van der Waals surface area contributed by atoms with Gasteiger partial charge in [0.15, 0.2) is 0 Å². The van der Waals surface area contributed by atoms with Crippen LogP contribution >= 0.6 is 31.9 Å². The van der Waals surface area contributed by atoms with Gasteiger partial charge in [-0.25, -0.2) is 0 Å². The molecule has 0 aliphatic carbocycles. The van der Waals surface area contributed by atoms with Gasteiger partial charge in [-0.1, -0.05) is 44.0 Å². The Kier molecular flexibility index (Phi) is 4.26. The SMILES string of the molecule is CCn1cc(C2=C(c3c[nH]c4cccc(Br)c34)C(=O)NC2=O)c2c(Br)cccc21. The van der Waals surface area contributed by atoms with E-state index in [9.17, 15) is 9.59 Å². The highest BCUT2D eigenvalue weighted by atomic mass is 79.9. The fourth-order valence-electron chi connectivity index (χ4n) is 4.07. The normalized spacial score (nSPS) is 14.4. The van der Waals surface area contributed by atoms with Gasteiger partial charge in [0.05, 0.1) is 11.1 Å². The Bertz CT molecular complexity index is 1380. The number of aromatic nitrogens is 2. The first-order valence-electron chi connectivity index (χ1n) is 9.15. The lowest BCUT2D eigenvalue weighted by Crippen LogP contribution is -2.22. The predicted octanol–water partition coefficient (Wildman–Crippen LogP) is 5.23. The third-order valence-electron chi connectivity index (χ3n) is 5.32. The van der Waals surface area contributed by atoms with Gasteiger partial charge in [0.1, 0.15) is 0 Å². The van der Waals surface area contributed by atoms with Gasteiger partial charge in [-0.2, -0.15) is 0 Å². The maximum atomic E-state index is 12.9. The average molecular weight is 513 g/mol. The molecule has 2 N–H and O–H groups in total. The van der Waals surface area contributed by atoms with E-state index in [1.165, 1.54) is 0 Å². The number of nitrogens with one attached hydrogen (secondary N) is 2. The zero-order chi connectivity index (χ0) is 20.3. The summed E-state index contributed by atoms with van der Waals surface area (Å²) < 4.78 is 3.83. The average Bonchev–Trinajstić information content (AvgIpc) is 3.35. The smallest absolute Gasteiger partial charge is 0.259 e. The second kappa shape index (κ2) is 6.71. The number of hydrogen-bond donors (Lipinski definition) is 2. The van der Waals surface area contributed by atoms with Gasteiger partial charge in [0, 0.05) is 60.8 Å². The lowest BCUT2D eigenvalue weighted by molar-refractivity contribution is -0.122. The number of benzene rings is 2.